The maximum Gasteiger partial charge on any atom is 0.223 e. The molecule has 5 nitrogen and oxygen atoms in total. The van der Waals surface area contributed by atoms with Gasteiger partial charge in [-0.2, -0.15) is 0 Å². The predicted octanol–water partition coefficient (Wildman–Crippen LogP) is 1.29. The van der Waals surface area contributed by atoms with E-state index in [4.69, 9.17) is 4.74 Å². The van der Waals surface area contributed by atoms with Crippen molar-refractivity contribution in [2.24, 2.45) is 5.92 Å². The summed E-state index contributed by atoms with van der Waals surface area (Å²) in [5.74, 6) is -0.0990. The van der Waals surface area contributed by atoms with Crippen LogP contribution < -0.4 is 15.4 Å². The molecule has 0 bridgehead atoms. The predicted molar refractivity (Wildman–Crippen MR) is 73.1 cm³/mol. The van der Waals surface area contributed by atoms with Crippen molar-refractivity contribution in [3.05, 3.63) is 29.6 Å². The summed E-state index contributed by atoms with van der Waals surface area (Å²) >= 11 is 0. The maximum atomic E-state index is 14.0. The van der Waals surface area contributed by atoms with Gasteiger partial charge in [0.05, 0.1) is 19.2 Å². The third-order valence-electron chi connectivity index (χ3n) is 3.94. The molecule has 21 heavy (non-hydrogen) atoms. The molecule has 2 fully saturated rings. The van der Waals surface area contributed by atoms with Crippen LogP contribution in [0.3, 0.4) is 0 Å². The second-order valence-corrected chi connectivity index (χ2v) is 5.53. The maximum absolute atomic E-state index is 14.0. The van der Waals surface area contributed by atoms with E-state index >= 15 is 0 Å². The molecule has 112 valence electrons. The van der Waals surface area contributed by atoms with Crippen molar-refractivity contribution < 1.29 is 18.7 Å². The Hall–Kier alpha value is -2.11. The zero-order valence-corrected chi connectivity index (χ0v) is 11.7. The summed E-state index contributed by atoms with van der Waals surface area (Å²) in [5, 5.41) is 5.58. The first-order valence-electron chi connectivity index (χ1n) is 7.01. The number of carbonyl (C=O) groups is 2. The first-order valence-corrected chi connectivity index (χ1v) is 7.01. The molecule has 2 atom stereocenters. The van der Waals surface area contributed by atoms with Crippen molar-refractivity contribution in [2.45, 2.75) is 31.3 Å². The topological polar surface area (TPSA) is 67.4 Å². The second kappa shape index (κ2) is 5.35. The molecule has 1 saturated carbocycles. The minimum atomic E-state index is -0.560. The molecule has 2 aliphatic rings. The van der Waals surface area contributed by atoms with Gasteiger partial charge in [-0.15, -0.1) is 0 Å². The highest BCUT2D eigenvalue weighted by Gasteiger charge is 2.39. The van der Waals surface area contributed by atoms with Crippen LogP contribution in [0.25, 0.3) is 0 Å². The highest BCUT2D eigenvalue weighted by molar-refractivity contribution is 5.85. The summed E-state index contributed by atoms with van der Waals surface area (Å²) in [6, 6.07) is 3.40. The van der Waals surface area contributed by atoms with Gasteiger partial charge in [0.1, 0.15) is 11.6 Å². The third kappa shape index (κ3) is 2.84. The van der Waals surface area contributed by atoms with Crippen LogP contribution in [0, 0.1) is 11.7 Å². The Balaban J connectivity index is 1.83. The zero-order valence-electron chi connectivity index (χ0n) is 11.7. The summed E-state index contributed by atoms with van der Waals surface area (Å²) in [7, 11) is 1.50. The van der Waals surface area contributed by atoms with Crippen LogP contribution in [0.15, 0.2) is 18.2 Å². The van der Waals surface area contributed by atoms with Crippen molar-refractivity contribution in [1.82, 2.24) is 10.6 Å². The van der Waals surface area contributed by atoms with Crippen molar-refractivity contribution >= 4 is 11.8 Å². The summed E-state index contributed by atoms with van der Waals surface area (Å²) in [5.41, 5.74) is 0.335. The number of benzene rings is 1. The van der Waals surface area contributed by atoms with Gasteiger partial charge in [0.2, 0.25) is 11.8 Å². The Bertz CT molecular complexity index is 586. The highest BCUT2D eigenvalue weighted by Crippen LogP contribution is 2.32. The number of rotatable bonds is 4. The van der Waals surface area contributed by atoms with Gasteiger partial charge in [-0.25, -0.2) is 4.39 Å². The molecular formula is C15H17FN2O3. The molecule has 2 unspecified atom stereocenters. The number of carbonyl (C=O) groups excluding carboxylic acids is 2. The van der Waals surface area contributed by atoms with Crippen LogP contribution in [0.5, 0.6) is 5.75 Å². The van der Waals surface area contributed by atoms with E-state index in [9.17, 15) is 14.0 Å². The smallest absolute Gasteiger partial charge is 0.223 e. The standard InChI is InChI=1S/C15H17FN2O3/c1-21-9-4-5-11(16)10(6-9)14-12(7-13(19)18-14)17-15(20)8-2-3-8/h4-6,8,12,14H,2-3,7H2,1H3,(H,17,20)(H,18,19). The van der Waals surface area contributed by atoms with E-state index in [1.165, 1.54) is 19.2 Å². The number of amides is 2. The van der Waals surface area contributed by atoms with Crippen molar-refractivity contribution in [3.8, 4) is 5.75 Å². The quantitative estimate of drug-likeness (QED) is 0.878. The Morgan fingerprint density at radius 1 is 1.43 bits per heavy atom. The lowest BCUT2D eigenvalue weighted by Gasteiger charge is -2.21. The van der Waals surface area contributed by atoms with Gasteiger partial charge in [-0.3, -0.25) is 9.59 Å². The Morgan fingerprint density at radius 2 is 2.19 bits per heavy atom. The SMILES string of the molecule is COc1ccc(F)c(C2NC(=O)CC2NC(=O)C2CC2)c1. The Kier molecular flexibility index (Phi) is 3.53. The van der Waals surface area contributed by atoms with E-state index < -0.39 is 17.9 Å². The monoisotopic (exact) mass is 292 g/mol. The van der Waals surface area contributed by atoms with Gasteiger partial charge >= 0.3 is 0 Å². The van der Waals surface area contributed by atoms with Gasteiger partial charge in [0, 0.05) is 17.9 Å². The molecule has 1 aromatic rings. The summed E-state index contributed by atoms with van der Waals surface area (Å²) in [6.07, 6.45) is 1.94. The Labute approximate surface area is 121 Å². The summed E-state index contributed by atoms with van der Waals surface area (Å²) < 4.78 is 19.1. The van der Waals surface area contributed by atoms with Crippen LogP contribution in [0.4, 0.5) is 4.39 Å². The van der Waals surface area contributed by atoms with Gasteiger partial charge in [0.25, 0.3) is 0 Å². The molecule has 0 spiro atoms. The van der Waals surface area contributed by atoms with Gasteiger partial charge in [0.15, 0.2) is 0 Å². The fourth-order valence-electron chi connectivity index (χ4n) is 2.61. The number of hydrogen-bond donors (Lipinski definition) is 2. The van der Waals surface area contributed by atoms with Crippen LogP contribution in [-0.2, 0) is 9.59 Å². The average molecular weight is 292 g/mol. The number of methoxy groups -OCH3 is 1. The molecule has 2 N–H and O–H groups in total. The zero-order chi connectivity index (χ0) is 15.0. The number of ether oxygens (including phenoxy) is 1. The first kappa shape index (κ1) is 13.9. The summed E-state index contributed by atoms with van der Waals surface area (Å²) in [6.45, 7) is 0. The molecule has 6 heteroatoms. The third-order valence-corrected chi connectivity index (χ3v) is 3.94. The van der Waals surface area contributed by atoms with Crippen LogP contribution in [0.1, 0.15) is 30.9 Å². The molecule has 1 saturated heterocycles. The van der Waals surface area contributed by atoms with Gasteiger partial charge in [-0.1, -0.05) is 0 Å². The number of hydrogen-bond acceptors (Lipinski definition) is 3. The largest absolute Gasteiger partial charge is 0.497 e. The van der Waals surface area contributed by atoms with Gasteiger partial charge in [-0.05, 0) is 31.0 Å². The van der Waals surface area contributed by atoms with E-state index in [2.05, 4.69) is 10.6 Å². The first-order chi connectivity index (χ1) is 10.1. The molecule has 1 heterocycles. The lowest BCUT2D eigenvalue weighted by atomic mass is 9.99. The van der Waals surface area contributed by atoms with Crippen LogP contribution >= 0.6 is 0 Å². The van der Waals surface area contributed by atoms with Crippen LogP contribution in [0.2, 0.25) is 0 Å². The fourth-order valence-corrected chi connectivity index (χ4v) is 2.61. The molecule has 0 aromatic heterocycles. The minimum Gasteiger partial charge on any atom is -0.497 e. The van der Waals surface area contributed by atoms with Crippen molar-refractivity contribution in [3.63, 3.8) is 0 Å². The van der Waals surface area contributed by atoms with E-state index in [0.717, 1.165) is 12.8 Å². The van der Waals surface area contributed by atoms with Crippen molar-refractivity contribution in [2.75, 3.05) is 7.11 Å². The lowest BCUT2D eigenvalue weighted by molar-refractivity contribution is -0.123. The number of nitrogens with one attached hydrogen (secondary N) is 2. The Morgan fingerprint density at radius 3 is 2.86 bits per heavy atom. The number of halogens is 1. The molecule has 1 aliphatic carbocycles. The van der Waals surface area contributed by atoms with Gasteiger partial charge < -0.3 is 15.4 Å². The van der Waals surface area contributed by atoms with Crippen LogP contribution in [-0.4, -0.2) is 25.0 Å². The van der Waals surface area contributed by atoms with Crippen molar-refractivity contribution in [1.29, 1.82) is 0 Å². The molecule has 0 radical (unpaired) electrons. The minimum absolute atomic E-state index is 0.0511. The highest BCUT2D eigenvalue weighted by atomic mass is 19.1. The summed E-state index contributed by atoms with van der Waals surface area (Å²) in [4.78, 5) is 23.5. The van der Waals surface area contributed by atoms with E-state index in [1.807, 2.05) is 0 Å². The molecule has 3 rings (SSSR count). The van der Waals surface area contributed by atoms with E-state index in [0.29, 0.717) is 11.3 Å². The molecular weight excluding hydrogens is 275 g/mol. The average Bonchev–Trinajstić information content (AvgIpc) is 3.24. The fraction of sp³-hybridized carbons (Fsp3) is 0.467. The normalized spacial score (nSPS) is 24.6. The van der Waals surface area contributed by atoms with E-state index in [-0.39, 0.29) is 24.2 Å². The molecule has 1 aliphatic heterocycles. The van der Waals surface area contributed by atoms with E-state index in [1.54, 1.807) is 6.07 Å². The molecule has 2 amide bonds. The molecule has 1 aromatic carbocycles. The lowest BCUT2D eigenvalue weighted by Crippen LogP contribution is -2.39. The second-order valence-electron chi connectivity index (χ2n) is 5.53.